The van der Waals surface area contributed by atoms with Crippen LogP contribution in [0.5, 0.6) is 0 Å². The third-order valence-electron chi connectivity index (χ3n) is 3.33. The molecule has 2 atom stereocenters. The van der Waals surface area contributed by atoms with Crippen molar-refractivity contribution in [3.63, 3.8) is 0 Å². The summed E-state index contributed by atoms with van der Waals surface area (Å²) in [5.41, 5.74) is 1.41. The first-order valence-electron chi connectivity index (χ1n) is 6.65. The van der Waals surface area contributed by atoms with Gasteiger partial charge < -0.3 is 5.32 Å². The molecule has 1 aromatic carbocycles. The van der Waals surface area contributed by atoms with Crippen molar-refractivity contribution in [2.45, 2.75) is 46.1 Å². The van der Waals surface area contributed by atoms with Crippen LogP contribution in [-0.4, -0.2) is 12.6 Å². The van der Waals surface area contributed by atoms with Crippen molar-refractivity contribution in [3.8, 4) is 0 Å². The third kappa shape index (κ3) is 5.22. The molecule has 2 heteroatoms. The molecule has 2 unspecified atom stereocenters. The molecule has 1 aromatic rings. The van der Waals surface area contributed by atoms with E-state index in [1.54, 1.807) is 0 Å². The fraction of sp³-hybridized carbons (Fsp3) is 0.600. The van der Waals surface area contributed by atoms with Gasteiger partial charge in [0.1, 0.15) is 0 Å². The first kappa shape index (κ1) is 14.7. The van der Waals surface area contributed by atoms with Crippen LogP contribution >= 0.6 is 15.9 Å². The van der Waals surface area contributed by atoms with E-state index in [2.05, 4.69) is 66.3 Å². The normalized spacial score (nSPS) is 14.6. The predicted octanol–water partition coefficient (Wildman–Crippen LogP) is 4.41. The van der Waals surface area contributed by atoms with Crippen molar-refractivity contribution < 1.29 is 0 Å². The van der Waals surface area contributed by atoms with Gasteiger partial charge in [0.25, 0.3) is 0 Å². The Balaban J connectivity index is 2.64. The lowest BCUT2D eigenvalue weighted by atomic mass is 9.93. The van der Waals surface area contributed by atoms with Gasteiger partial charge in [-0.05, 0) is 43.0 Å². The molecule has 1 rings (SSSR count). The van der Waals surface area contributed by atoms with Crippen molar-refractivity contribution >= 4 is 15.9 Å². The monoisotopic (exact) mass is 297 g/mol. The number of nitrogens with one attached hydrogen (secondary N) is 1. The highest BCUT2D eigenvalue weighted by molar-refractivity contribution is 9.10. The molecule has 17 heavy (non-hydrogen) atoms. The maximum absolute atomic E-state index is 3.67. The summed E-state index contributed by atoms with van der Waals surface area (Å²) in [4.78, 5) is 0. The zero-order valence-corrected chi connectivity index (χ0v) is 12.8. The summed E-state index contributed by atoms with van der Waals surface area (Å²) < 4.78 is 1.17. The lowest BCUT2D eigenvalue weighted by Gasteiger charge is -2.24. The molecule has 0 saturated carbocycles. The molecule has 0 amide bonds. The second-order valence-corrected chi connectivity index (χ2v) is 5.70. The maximum atomic E-state index is 3.67. The summed E-state index contributed by atoms with van der Waals surface area (Å²) in [6, 6.07) is 9.24. The molecule has 0 spiro atoms. The second kappa shape index (κ2) is 7.88. The summed E-state index contributed by atoms with van der Waals surface area (Å²) in [6.45, 7) is 7.94. The second-order valence-electron chi connectivity index (χ2n) is 4.78. The van der Waals surface area contributed by atoms with Crippen LogP contribution in [-0.2, 0) is 6.42 Å². The van der Waals surface area contributed by atoms with Crippen LogP contribution in [0.2, 0.25) is 0 Å². The van der Waals surface area contributed by atoms with E-state index in [9.17, 15) is 0 Å². The van der Waals surface area contributed by atoms with Gasteiger partial charge in [-0.3, -0.25) is 0 Å². The Morgan fingerprint density at radius 2 is 2.06 bits per heavy atom. The molecular formula is C15H24BrN. The van der Waals surface area contributed by atoms with Gasteiger partial charge in [0.15, 0.2) is 0 Å². The van der Waals surface area contributed by atoms with E-state index in [1.165, 1.54) is 22.9 Å². The van der Waals surface area contributed by atoms with E-state index in [0.717, 1.165) is 18.9 Å². The Kier molecular flexibility index (Phi) is 6.83. The lowest BCUT2D eigenvalue weighted by Crippen LogP contribution is -2.37. The van der Waals surface area contributed by atoms with Crippen LogP contribution in [0.4, 0.5) is 0 Å². The fourth-order valence-corrected chi connectivity index (χ4v) is 2.45. The molecule has 96 valence electrons. The molecule has 1 N–H and O–H groups in total. The summed E-state index contributed by atoms with van der Waals surface area (Å²) >= 11 is 3.54. The number of halogens is 1. The molecule has 0 aliphatic rings. The average molecular weight is 298 g/mol. The van der Waals surface area contributed by atoms with Gasteiger partial charge in [-0.1, -0.05) is 55.3 Å². The van der Waals surface area contributed by atoms with Crippen LogP contribution < -0.4 is 5.32 Å². The first-order chi connectivity index (χ1) is 8.17. The number of benzene rings is 1. The largest absolute Gasteiger partial charge is 0.313 e. The number of rotatable bonds is 7. The Hall–Kier alpha value is -0.340. The SMILES string of the molecule is CCCNC(Cc1cccc(Br)c1)C(C)CC. The molecule has 0 aromatic heterocycles. The molecule has 0 bridgehead atoms. The van der Waals surface area contributed by atoms with E-state index in [4.69, 9.17) is 0 Å². The quantitative estimate of drug-likeness (QED) is 0.786. The zero-order chi connectivity index (χ0) is 12.7. The summed E-state index contributed by atoms with van der Waals surface area (Å²) in [7, 11) is 0. The highest BCUT2D eigenvalue weighted by Crippen LogP contribution is 2.17. The van der Waals surface area contributed by atoms with Crippen molar-refractivity contribution in [1.29, 1.82) is 0 Å². The van der Waals surface area contributed by atoms with E-state index in [1.807, 2.05) is 0 Å². The molecular weight excluding hydrogens is 274 g/mol. The van der Waals surface area contributed by atoms with Crippen LogP contribution in [0.1, 0.15) is 39.2 Å². The van der Waals surface area contributed by atoms with E-state index in [0.29, 0.717) is 6.04 Å². The molecule has 0 aliphatic heterocycles. The van der Waals surface area contributed by atoms with Crippen molar-refractivity contribution in [2.75, 3.05) is 6.54 Å². The molecule has 0 heterocycles. The van der Waals surface area contributed by atoms with Crippen molar-refractivity contribution in [3.05, 3.63) is 34.3 Å². The average Bonchev–Trinajstić information content (AvgIpc) is 2.33. The van der Waals surface area contributed by atoms with Gasteiger partial charge in [-0.2, -0.15) is 0 Å². The lowest BCUT2D eigenvalue weighted by molar-refractivity contribution is 0.365. The van der Waals surface area contributed by atoms with Crippen LogP contribution in [0.25, 0.3) is 0 Å². The van der Waals surface area contributed by atoms with Crippen LogP contribution in [0.3, 0.4) is 0 Å². The summed E-state index contributed by atoms with van der Waals surface area (Å²) in [5.74, 6) is 0.723. The molecule has 0 fully saturated rings. The molecule has 0 saturated heterocycles. The molecule has 0 radical (unpaired) electrons. The maximum Gasteiger partial charge on any atom is 0.0178 e. The smallest absolute Gasteiger partial charge is 0.0178 e. The Morgan fingerprint density at radius 1 is 1.29 bits per heavy atom. The Bertz CT molecular complexity index is 324. The topological polar surface area (TPSA) is 12.0 Å². The van der Waals surface area contributed by atoms with E-state index < -0.39 is 0 Å². The number of hydrogen-bond donors (Lipinski definition) is 1. The first-order valence-corrected chi connectivity index (χ1v) is 7.44. The molecule has 1 nitrogen and oxygen atoms in total. The van der Waals surface area contributed by atoms with Crippen LogP contribution in [0, 0.1) is 5.92 Å². The van der Waals surface area contributed by atoms with Gasteiger partial charge in [-0.25, -0.2) is 0 Å². The summed E-state index contributed by atoms with van der Waals surface area (Å²) in [6.07, 6.45) is 3.55. The minimum absolute atomic E-state index is 0.592. The fourth-order valence-electron chi connectivity index (χ4n) is 2.01. The number of hydrogen-bond acceptors (Lipinski definition) is 1. The Labute approximate surface area is 114 Å². The van der Waals surface area contributed by atoms with Gasteiger partial charge in [0.05, 0.1) is 0 Å². The van der Waals surface area contributed by atoms with E-state index in [-0.39, 0.29) is 0 Å². The van der Waals surface area contributed by atoms with Gasteiger partial charge in [-0.15, -0.1) is 0 Å². The summed E-state index contributed by atoms with van der Waals surface area (Å²) in [5, 5.41) is 3.67. The molecule has 0 aliphatic carbocycles. The predicted molar refractivity (Wildman–Crippen MR) is 79.4 cm³/mol. The standard InChI is InChI=1S/C15H24BrN/c1-4-9-17-15(12(3)5-2)11-13-7-6-8-14(16)10-13/h6-8,10,12,15,17H,4-5,9,11H2,1-3H3. The van der Waals surface area contributed by atoms with Gasteiger partial charge >= 0.3 is 0 Å². The highest BCUT2D eigenvalue weighted by atomic mass is 79.9. The zero-order valence-electron chi connectivity index (χ0n) is 11.2. The minimum atomic E-state index is 0.592. The minimum Gasteiger partial charge on any atom is -0.313 e. The van der Waals surface area contributed by atoms with Crippen LogP contribution in [0.15, 0.2) is 28.7 Å². The third-order valence-corrected chi connectivity index (χ3v) is 3.83. The van der Waals surface area contributed by atoms with Gasteiger partial charge in [0, 0.05) is 10.5 Å². The highest BCUT2D eigenvalue weighted by Gasteiger charge is 2.15. The van der Waals surface area contributed by atoms with Crippen molar-refractivity contribution in [1.82, 2.24) is 5.32 Å². The Morgan fingerprint density at radius 3 is 2.65 bits per heavy atom. The van der Waals surface area contributed by atoms with Gasteiger partial charge in [0.2, 0.25) is 0 Å². The van der Waals surface area contributed by atoms with Crippen molar-refractivity contribution in [2.24, 2.45) is 5.92 Å². The van der Waals surface area contributed by atoms with E-state index >= 15 is 0 Å².